The first-order valence-electron chi connectivity index (χ1n) is 4.06. The fourth-order valence-corrected chi connectivity index (χ4v) is 1.33. The molecule has 0 fully saturated rings. The molecule has 0 amide bonds. The molecular weight excluding hydrogens is 183 g/mol. The minimum atomic E-state index is -4.25. The summed E-state index contributed by atoms with van der Waals surface area (Å²) in [5.41, 5.74) is 0. The number of hydrogen-bond donors (Lipinski definition) is 0. The van der Waals surface area contributed by atoms with E-state index in [1.54, 1.807) is 0 Å². The third kappa shape index (κ3) is 2.05. The zero-order valence-corrected chi connectivity index (χ0v) is 7.54. The molecule has 0 aromatic heterocycles. The van der Waals surface area contributed by atoms with Crippen LogP contribution in [0.25, 0.3) is 0 Å². The van der Waals surface area contributed by atoms with Gasteiger partial charge in [0, 0.05) is 13.6 Å². The topological polar surface area (TPSA) is 18.8 Å². The van der Waals surface area contributed by atoms with Gasteiger partial charge in [0.05, 0.1) is 0 Å². The van der Waals surface area contributed by atoms with Gasteiger partial charge < -0.3 is 4.90 Å². The molecule has 0 aromatic carbocycles. The maximum absolute atomic E-state index is 12.4. The van der Waals surface area contributed by atoms with Gasteiger partial charge in [-0.25, -0.2) is 0 Å². The Morgan fingerprint density at radius 1 is 1.46 bits per heavy atom. The molecule has 1 aliphatic rings. The summed E-state index contributed by atoms with van der Waals surface area (Å²) in [6, 6.07) is 0. The average Bonchev–Trinajstić information content (AvgIpc) is 2.31. The highest BCUT2D eigenvalue weighted by molar-refractivity contribution is 5.57. The normalized spacial score (nSPS) is 23.0. The highest BCUT2D eigenvalue weighted by atomic mass is 19.4. The molecule has 6 heteroatoms. The molecule has 76 valence electrons. The van der Waals surface area contributed by atoms with Gasteiger partial charge in [0.25, 0.3) is 0 Å². The molecule has 0 spiro atoms. The van der Waals surface area contributed by atoms with E-state index in [0.717, 1.165) is 5.01 Å². The predicted octanol–water partition coefficient (Wildman–Crippen LogP) is 1.48. The molecule has 0 N–H and O–H groups in total. The largest absolute Gasteiger partial charge is 0.429 e. The first-order chi connectivity index (χ1) is 5.96. The van der Waals surface area contributed by atoms with Gasteiger partial charge in [0.15, 0.2) is 0 Å². The summed E-state index contributed by atoms with van der Waals surface area (Å²) in [5, 5.41) is 4.52. The average molecular weight is 195 g/mol. The van der Waals surface area contributed by atoms with Crippen LogP contribution in [0.5, 0.6) is 0 Å². The van der Waals surface area contributed by atoms with E-state index in [1.165, 1.54) is 18.3 Å². The monoisotopic (exact) mass is 195 g/mol. The summed E-state index contributed by atoms with van der Waals surface area (Å²) in [6.07, 6.45) is -3.93. The van der Waals surface area contributed by atoms with Crippen LogP contribution in [0.15, 0.2) is 5.10 Å². The Kier molecular flexibility index (Phi) is 2.68. The quantitative estimate of drug-likeness (QED) is 0.664. The lowest BCUT2D eigenvalue weighted by Crippen LogP contribution is -2.49. The van der Waals surface area contributed by atoms with Crippen LogP contribution in [-0.4, -0.2) is 42.2 Å². The van der Waals surface area contributed by atoms with E-state index in [4.69, 9.17) is 0 Å². The van der Waals surface area contributed by atoms with Crippen LogP contribution in [0.3, 0.4) is 0 Å². The van der Waals surface area contributed by atoms with Crippen molar-refractivity contribution in [2.75, 3.05) is 13.6 Å². The maximum atomic E-state index is 12.4. The second-order valence-corrected chi connectivity index (χ2v) is 2.96. The van der Waals surface area contributed by atoms with Crippen LogP contribution < -0.4 is 0 Å². The van der Waals surface area contributed by atoms with E-state index in [9.17, 15) is 13.2 Å². The van der Waals surface area contributed by atoms with Crippen LogP contribution >= 0.6 is 0 Å². The van der Waals surface area contributed by atoms with Crippen molar-refractivity contribution in [3.63, 3.8) is 0 Å². The molecule has 0 aromatic rings. The van der Waals surface area contributed by atoms with Crippen LogP contribution in [-0.2, 0) is 0 Å². The molecule has 1 atom stereocenters. The summed E-state index contributed by atoms with van der Waals surface area (Å²) < 4.78 is 37.3. The van der Waals surface area contributed by atoms with Crippen molar-refractivity contribution in [2.45, 2.75) is 25.7 Å². The second-order valence-electron chi connectivity index (χ2n) is 2.96. The minimum absolute atomic E-state index is 0.373. The molecule has 0 saturated carbocycles. The molecular formula is C7H12F3N3. The van der Waals surface area contributed by atoms with Crippen LogP contribution in [0.1, 0.15) is 13.3 Å². The van der Waals surface area contributed by atoms with Crippen LogP contribution in [0, 0.1) is 0 Å². The van der Waals surface area contributed by atoms with Crippen molar-refractivity contribution in [1.82, 2.24) is 9.91 Å². The second kappa shape index (κ2) is 3.43. The van der Waals surface area contributed by atoms with E-state index in [-0.39, 0.29) is 0 Å². The van der Waals surface area contributed by atoms with E-state index in [1.807, 2.05) is 6.92 Å². The van der Waals surface area contributed by atoms with E-state index in [0.29, 0.717) is 13.0 Å². The first kappa shape index (κ1) is 10.1. The maximum Gasteiger partial charge on any atom is 0.429 e. The van der Waals surface area contributed by atoms with Gasteiger partial charge in [0.1, 0.15) is 6.34 Å². The Morgan fingerprint density at radius 2 is 2.08 bits per heavy atom. The lowest BCUT2D eigenvalue weighted by Gasteiger charge is -2.29. The van der Waals surface area contributed by atoms with E-state index in [2.05, 4.69) is 5.10 Å². The fraction of sp³-hybridized carbons (Fsp3) is 0.857. The summed E-state index contributed by atoms with van der Waals surface area (Å²) >= 11 is 0. The number of nitrogens with zero attached hydrogens (tertiary/aromatic N) is 3. The fourth-order valence-electron chi connectivity index (χ4n) is 1.33. The van der Waals surface area contributed by atoms with Gasteiger partial charge >= 0.3 is 6.18 Å². The standard InChI is InChI=1S/C7H12F3N3/c1-3-4-13-5-11-12(2)6(13)7(8,9)10/h5-6H,3-4H2,1-2H3. The highest BCUT2D eigenvalue weighted by Crippen LogP contribution is 2.28. The number of hydrazone groups is 1. The Hall–Kier alpha value is -0.940. The third-order valence-electron chi connectivity index (χ3n) is 1.82. The first-order valence-corrected chi connectivity index (χ1v) is 4.06. The molecule has 1 rings (SSSR count). The summed E-state index contributed by atoms with van der Waals surface area (Å²) in [4.78, 5) is 1.19. The Morgan fingerprint density at radius 3 is 2.54 bits per heavy atom. The predicted molar refractivity (Wildman–Crippen MR) is 43.1 cm³/mol. The molecule has 0 saturated heterocycles. The van der Waals surface area contributed by atoms with Gasteiger partial charge in [-0.2, -0.15) is 18.3 Å². The Bertz CT molecular complexity index is 202. The summed E-state index contributed by atoms with van der Waals surface area (Å²) in [7, 11) is 1.32. The lowest BCUT2D eigenvalue weighted by molar-refractivity contribution is -0.203. The van der Waals surface area contributed by atoms with Crippen LogP contribution in [0.4, 0.5) is 13.2 Å². The smallest absolute Gasteiger partial charge is 0.332 e. The van der Waals surface area contributed by atoms with Gasteiger partial charge in [-0.15, -0.1) is 0 Å². The van der Waals surface area contributed by atoms with Crippen molar-refractivity contribution in [2.24, 2.45) is 5.10 Å². The lowest BCUT2D eigenvalue weighted by atomic mass is 10.3. The van der Waals surface area contributed by atoms with Gasteiger partial charge in [-0.1, -0.05) is 6.92 Å². The molecule has 1 unspecified atom stereocenters. The minimum Gasteiger partial charge on any atom is -0.332 e. The molecule has 1 heterocycles. The van der Waals surface area contributed by atoms with Crippen molar-refractivity contribution < 1.29 is 13.2 Å². The summed E-state index contributed by atoms with van der Waals surface area (Å²) in [5.74, 6) is 0. The number of halogens is 3. The number of hydrogen-bond acceptors (Lipinski definition) is 3. The van der Waals surface area contributed by atoms with Crippen molar-refractivity contribution in [3.05, 3.63) is 0 Å². The molecule has 0 radical (unpaired) electrons. The molecule has 0 aliphatic carbocycles. The van der Waals surface area contributed by atoms with Crippen molar-refractivity contribution >= 4 is 6.34 Å². The Balaban J connectivity index is 2.70. The van der Waals surface area contributed by atoms with Gasteiger partial charge in [0.2, 0.25) is 6.17 Å². The highest BCUT2D eigenvalue weighted by Gasteiger charge is 2.47. The number of rotatable bonds is 2. The zero-order valence-electron chi connectivity index (χ0n) is 7.54. The van der Waals surface area contributed by atoms with Crippen molar-refractivity contribution in [1.29, 1.82) is 0 Å². The Labute approximate surface area is 74.8 Å². The third-order valence-corrected chi connectivity index (χ3v) is 1.82. The number of alkyl halides is 3. The summed E-state index contributed by atoms with van der Waals surface area (Å²) in [6.45, 7) is 2.21. The van der Waals surface area contributed by atoms with Crippen LogP contribution in [0.2, 0.25) is 0 Å². The zero-order chi connectivity index (χ0) is 10.1. The molecule has 13 heavy (non-hydrogen) atoms. The molecule has 3 nitrogen and oxygen atoms in total. The van der Waals surface area contributed by atoms with Crippen molar-refractivity contribution in [3.8, 4) is 0 Å². The SMILES string of the molecule is CCCN1C=NN(C)C1C(F)(F)F. The molecule has 0 bridgehead atoms. The van der Waals surface area contributed by atoms with Gasteiger partial charge in [-0.05, 0) is 6.42 Å². The van der Waals surface area contributed by atoms with E-state index < -0.39 is 12.3 Å². The molecule has 1 aliphatic heterocycles. The van der Waals surface area contributed by atoms with E-state index >= 15 is 0 Å². The van der Waals surface area contributed by atoms with Gasteiger partial charge in [-0.3, -0.25) is 5.01 Å².